The predicted octanol–water partition coefficient (Wildman–Crippen LogP) is 3.87. The molecule has 0 aliphatic heterocycles. The van der Waals surface area contributed by atoms with Gasteiger partial charge in [0.15, 0.2) is 0 Å². The number of hydrogen-bond donors (Lipinski definition) is 2. The molecular formula is C29H33N7O3. The highest BCUT2D eigenvalue weighted by molar-refractivity contribution is 6.02. The quantitative estimate of drug-likeness (QED) is 0.300. The topological polar surface area (TPSA) is 105 Å². The number of hydrogen-bond acceptors (Lipinski definition) is 8. The summed E-state index contributed by atoms with van der Waals surface area (Å²) in [5.41, 5.74) is 3.64. The number of fused-ring (bicyclic) bond motifs is 1. The Morgan fingerprint density at radius 2 is 1.85 bits per heavy atom. The summed E-state index contributed by atoms with van der Waals surface area (Å²) in [6.07, 6.45) is 2.89. The van der Waals surface area contributed by atoms with Crippen molar-refractivity contribution in [2.24, 2.45) is 7.05 Å². The molecule has 0 radical (unpaired) electrons. The van der Waals surface area contributed by atoms with Crippen molar-refractivity contribution in [3.8, 4) is 16.9 Å². The van der Waals surface area contributed by atoms with E-state index in [2.05, 4.69) is 32.1 Å². The van der Waals surface area contributed by atoms with Gasteiger partial charge in [-0.2, -0.15) is 4.98 Å². The van der Waals surface area contributed by atoms with E-state index < -0.39 is 0 Å². The van der Waals surface area contributed by atoms with E-state index in [0.717, 1.165) is 29.7 Å². The maximum Gasteiger partial charge on any atom is 0.259 e. The van der Waals surface area contributed by atoms with Gasteiger partial charge in [-0.05, 0) is 37.9 Å². The van der Waals surface area contributed by atoms with Gasteiger partial charge < -0.3 is 25.2 Å². The van der Waals surface area contributed by atoms with E-state index in [9.17, 15) is 9.59 Å². The summed E-state index contributed by atoms with van der Waals surface area (Å²) in [5, 5.41) is 6.80. The van der Waals surface area contributed by atoms with Crippen LogP contribution in [-0.4, -0.2) is 66.7 Å². The first-order chi connectivity index (χ1) is 18.7. The van der Waals surface area contributed by atoms with Crippen LogP contribution in [0.3, 0.4) is 0 Å². The van der Waals surface area contributed by atoms with E-state index in [1.807, 2.05) is 62.4 Å². The third-order valence-electron chi connectivity index (χ3n) is 6.33. The molecule has 2 aromatic carbocycles. The van der Waals surface area contributed by atoms with Gasteiger partial charge in [0.05, 0.1) is 24.2 Å². The van der Waals surface area contributed by atoms with Crippen LogP contribution < -0.4 is 25.8 Å². The minimum atomic E-state index is -0.334. The van der Waals surface area contributed by atoms with E-state index in [1.165, 1.54) is 10.6 Å². The maximum absolute atomic E-state index is 13.1. The second kappa shape index (κ2) is 11.8. The van der Waals surface area contributed by atoms with Crippen LogP contribution in [0, 0.1) is 0 Å². The number of rotatable bonds is 10. The minimum absolute atomic E-state index is 0.157. The average Bonchev–Trinajstić information content (AvgIpc) is 2.94. The molecule has 0 aliphatic carbocycles. The summed E-state index contributed by atoms with van der Waals surface area (Å²) in [6, 6.07) is 14.9. The lowest BCUT2D eigenvalue weighted by Crippen LogP contribution is -2.29. The van der Waals surface area contributed by atoms with Crippen LogP contribution >= 0.6 is 0 Å². The van der Waals surface area contributed by atoms with Crippen LogP contribution in [0.4, 0.5) is 23.0 Å². The van der Waals surface area contributed by atoms with E-state index in [4.69, 9.17) is 4.74 Å². The summed E-state index contributed by atoms with van der Waals surface area (Å²) >= 11 is 0. The van der Waals surface area contributed by atoms with Crippen molar-refractivity contribution >= 4 is 40.0 Å². The van der Waals surface area contributed by atoms with Crippen molar-refractivity contribution in [2.75, 3.05) is 56.9 Å². The van der Waals surface area contributed by atoms with Crippen LogP contribution in [0.1, 0.15) is 0 Å². The molecule has 0 saturated carbocycles. The molecule has 0 atom stereocenters. The van der Waals surface area contributed by atoms with Crippen molar-refractivity contribution in [1.82, 2.24) is 19.4 Å². The monoisotopic (exact) mass is 527 g/mol. The van der Waals surface area contributed by atoms with Crippen molar-refractivity contribution < 1.29 is 9.53 Å². The molecule has 10 heteroatoms. The summed E-state index contributed by atoms with van der Waals surface area (Å²) in [4.78, 5) is 38.6. The van der Waals surface area contributed by atoms with Gasteiger partial charge in [-0.25, -0.2) is 4.98 Å². The van der Waals surface area contributed by atoms with E-state index in [0.29, 0.717) is 28.3 Å². The zero-order valence-electron chi connectivity index (χ0n) is 22.9. The number of nitrogens with one attached hydrogen (secondary N) is 2. The first kappa shape index (κ1) is 27.3. The largest absolute Gasteiger partial charge is 0.494 e. The van der Waals surface area contributed by atoms with Gasteiger partial charge in [-0.1, -0.05) is 36.9 Å². The summed E-state index contributed by atoms with van der Waals surface area (Å²) in [7, 11) is 9.22. The fraction of sp³-hybridized carbons (Fsp3) is 0.241. The Bertz CT molecular complexity index is 1570. The van der Waals surface area contributed by atoms with Crippen molar-refractivity contribution in [3.05, 3.63) is 77.7 Å². The number of amides is 1. The first-order valence-electron chi connectivity index (χ1n) is 12.4. The average molecular weight is 528 g/mol. The Hall–Kier alpha value is -4.70. The Kier molecular flexibility index (Phi) is 8.26. The SMILES string of the molecule is C=CC(=O)Nc1cc(Nc2ncc3cc(-c4ccccc4)c(=O)n(C)c3n2)c(OC)cc1N(C)CCN(C)C. The van der Waals surface area contributed by atoms with Crippen LogP contribution in [0.25, 0.3) is 22.2 Å². The number of ether oxygens (including phenoxy) is 1. The highest BCUT2D eigenvalue weighted by atomic mass is 16.5. The Morgan fingerprint density at radius 3 is 2.51 bits per heavy atom. The molecule has 0 bridgehead atoms. The third-order valence-corrected chi connectivity index (χ3v) is 6.33. The van der Waals surface area contributed by atoms with Gasteiger partial charge >= 0.3 is 0 Å². The third kappa shape index (κ3) is 6.07. The lowest BCUT2D eigenvalue weighted by molar-refractivity contribution is -0.111. The number of likely N-dealkylation sites (N-methyl/N-ethyl adjacent to an activating group) is 2. The van der Waals surface area contributed by atoms with Crippen LogP contribution in [0.2, 0.25) is 0 Å². The second-order valence-electron chi connectivity index (χ2n) is 9.37. The maximum atomic E-state index is 13.1. The molecular weight excluding hydrogens is 494 g/mol. The van der Waals surface area contributed by atoms with Crippen molar-refractivity contribution in [1.29, 1.82) is 0 Å². The number of aryl methyl sites for hydroxylation is 1. The number of nitrogens with zero attached hydrogens (tertiary/aromatic N) is 5. The van der Waals surface area contributed by atoms with E-state index >= 15 is 0 Å². The van der Waals surface area contributed by atoms with Gasteiger partial charge in [0, 0.05) is 50.4 Å². The normalized spacial score (nSPS) is 10.9. The van der Waals surface area contributed by atoms with Crippen LogP contribution in [-0.2, 0) is 11.8 Å². The summed E-state index contributed by atoms with van der Waals surface area (Å²) in [6.45, 7) is 5.12. The van der Waals surface area contributed by atoms with Crippen molar-refractivity contribution in [2.45, 2.75) is 0 Å². The molecule has 0 aliphatic rings. The highest BCUT2D eigenvalue weighted by Crippen LogP contribution is 2.38. The number of carbonyl (C=O) groups excluding carboxylic acids is 1. The Balaban J connectivity index is 1.73. The lowest BCUT2D eigenvalue weighted by Gasteiger charge is -2.26. The summed E-state index contributed by atoms with van der Waals surface area (Å²) < 4.78 is 7.19. The fourth-order valence-electron chi connectivity index (χ4n) is 4.16. The van der Waals surface area contributed by atoms with Gasteiger partial charge in [-0.15, -0.1) is 0 Å². The number of benzene rings is 2. The molecule has 202 valence electrons. The number of pyridine rings is 1. The zero-order valence-corrected chi connectivity index (χ0v) is 22.9. The Labute approximate surface area is 227 Å². The molecule has 2 heterocycles. The number of aromatic nitrogens is 3. The fourth-order valence-corrected chi connectivity index (χ4v) is 4.16. The standard InChI is InChI=1S/C29H33N7O3/c1-7-26(37)31-22-16-23(25(39-6)17-24(22)35(4)14-13-34(2)3)32-29-30-18-20-15-21(19-11-9-8-10-12-19)28(38)36(5)27(20)33-29/h7-12,15-18H,1,13-14H2,2-6H3,(H,31,37)(H,30,32,33). The van der Waals surface area contributed by atoms with Gasteiger partial charge in [0.1, 0.15) is 11.4 Å². The highest BCUT2D eigenvalue weighted by Gasteiger charge is 2.17. The number of methoxy groups -OCH3 is 1. The zero-order chi connectivity index (χ0) is 28.1. The molecule has 4 aromatic rings. The van der Waals surface area contributed by atoms with Crippen molar-refractivity contribution in [3.63, 3.8) is 0 Å². The van der Waals surface area contributed by atoms with Crippen LogP contribution in [0.15, 0.2) is 72.2 Å². The second-order valence-corrected chi connectivity index (χ2v) is 9.37. The van der Waals surface area contributed by atoms with E-state index in [1.54, 1.807) is 32.5 Å². The van der Waals surface area contributed by atoms with Gasteiger partial charge in [0.2, 0.25) is 11.9 Å². The van der Waals surface area contributed by atoms with Gasteiger partial charge in [0.25, 0.3) is 5.56 Å². The van der Waals surface area contributed by atoms with Gasteiger partial charge in [-0.3, -0.25) is 14.2 Å². The predicted molar refractivity (Wildman–Crippen MR) is 157 cm³/mol. The molecule has 0 unspecified atom stereocenters. The number of carbonyl (C=O) groups is 1. The Morgan fingerprint density at radius 1 is 1.10 bits per heavy atom. The lowest BCUT2D eigenvalue weighted by atomic mass is 10.1. The minimum Gasteiger partial charge on any atom is -0.494 e. The van der Waals surface area contributed by atoms with Crippen LogP contribution in [0.5, 0.6) is 5.75 Å². The summed E-state index contributed by atoms with van der Waals surface area (Å²) in [5.74, 6) is 0.479. The number of anilines is 4. The first-order valence-corrected chi connectivity index (χ1v) is 12.4. The molecule has 1 amide bonds. The molecule has 10 nitrogen and oxygen atoms in total. The molecule has 4 rings (SSSR count). The smallest absolute Gasteiger partial charge is 0.259 e. The van der Waals surface area contributed by atoms with E-state index in [-0.39, 0.29) is 17.4 Å². The molecule has 2 N–H and O–H groups in total. The molecule has 0 fully saturated rings. The molecule has 0 spiro atoms. The molecule has 0 saturated heterocycles. The molecule has 2 aromatic heterocycles. The molecule has 39 heavy (non-hydrogen) atoms.